The third-order valence-corrected chi connectivity index (χ3v) is 3.26. The number of nitrogens with one attached hydrogen (secondary N) is 1. The molecule has 0 aliphatic carbocycles. The second kappa shape index (κ2) is 5.87. The van der Waals surface area contributed by atoms with Crippen molar-refractivity contribution in [2.24, 2.45) is 0 Å². The minimum Gasteiger partial charge on any atom is -0.507 e. The highest BCUT2D eigenvalue weighted by atomic mass is 16.3. The number of hydrogen-bond donors (Lipinski definition) is 2. The zero-order chi connectivity index (χ0) is 13.0. The first-order valence-electron chi connectivity index (χ1n) is 6.48. The van der Waals surface area contributed by atoms with E-state index in [9.17, 15) is 9.90 Å². The molecule has 0 radical (unpaired) electrons. The first-order valence-corrected chi connectivity index (χ1v) is 6.48. The van der Waals surface area contributed by atoms with Gasteiger partial charge >= 0.3 is 0 Å². The molecule has 1 atom stereocenters. The molecule has 1 fully saturated rings. The van der Waals surface area contributed by atoms with E-state index in [0.29, 0.717) is 5.56 Å². The first-order chi connectivity index (χ1) is 8.66. The lowest BCUT2D eigenvalue weighted by atomic mass is 10.1. The summed E-state index contributed by atoms with van der Waals surface area (Å²) in [6, 6.07) is 6.71. The maximum absolute atomic E-state index is 12.0. The van der Waals surface area contributed by atoms with Gasteiger partial charge in [0.05, 0.1) is 5.56 Å². The van der Waals surface area contributed by atoms with Gasteiger partial charge in [0.15, 0.2) is 0 Å². The van der Waals surface area contributed by atoms with Gasteiger partial charge in [0.2, 0.25) is 0 Å². The van der Waals surface area contributed by atoms with Crippen molar-refractivity contribution in [1.82, 2.24) is 10.2 Å². The Labute approximate surface area is 108 Å². The molecule has 1 aromatic rings. The molecule has 2 N–H and O–H groups in total. The third kappa shape index (κ3) is 3.23. The highest BCUT2D eigenvalue weighted by molar-refractivity contribution is 5.96. The van der Waals surface area contributed by atoms with Crippen molar-refractivity contribution in [1.29, 1.82) is 0 Å². The van der Waals surface area contributed by atoms with Crippen molar-refractivity contribution < 1.29 is 9.90 Å². The minimum absolute atomic E-state index is 0.0309. The van der Waals surface area contributed by atoms with Crippen molar-refractivity contribution in [3.8, 4) is 5.75 Å². The number of nitrogens with zero attached hydrogens (tertiary/aromatic N) is 1. The second-order valence-electron chi connectivity index (χ2n) is 4.90. The molecule has 98 valence electrons. The smallest absolute Gasteiger partial charge is 0.255 e. The summed E-state index contributed by atoms with van der Waals surface area (Å²) < 4.78 is 0. The highest BCUT2D eigenvalue weighted by Crippen LogP contribution is 2.15. The molecule has 0 spiro atoms. The Morgan fingerprint density at radius 3 is 2.72 bits per heavy atom. The quantitative estimate of drug-likeness (QED) is 0.851. The van der Waals surface area contributed by atoms with E-state index in [1.165, 1.54) is 18.9 Å². The van der Waals surface area contributed by atoms with E-state index in [1.54, 1.807) is 18.2 Å². The number of aromatic hydroxyl groups is 1. The van der Waals surface area contributed by atoms with Crippen molar-refractivity contribution in [3.63, 3.8) is 0 Å². The summed E-state index contributed by atoms with van der Waals surface area (Å²) in [5.74, 6) is -0.178. The van der Waals surface area contributed by atoms with Crippen LogP contribution in [-0.4, -0.2) is 41.6 Å². The van der Waals surface area contributed by atoms with Crippen molar-refractivity contribution >= 4 is 5.91 Å². The molecule has 1 saturated heterocycles. The molecule has 18 heavy (non-hydrogen) atoms. The summed E-state index contributed by atoms with van der Waals surface area (Å²) in [6.07, 6.45) is 2.50. The zero-order valence-corrected chi connectivity index (χ0v) is 10.7. The van der Waals surface area contributed by atoms with Crippen LogP contribution in [0.3, 0.4) is 0 Å². The van der Waals surface area contributed by atoms with E-state index in [0.717, 1.165) is 19.6 Å². The third-order valence-electron chi connectivity index (χ3n) is 3.26. The predicted octanol–water partition coefficient (Wildman–Crippen LogP) is 1.61. The number of benzene rings is 1. The summed E-state index contributed by atoms with van der Waals surface area (Å²) in [6.45, 7) is 5.11. The molecule has 0 bridgehead atoms. The molecule has 4 heteroatoms. The van der Waals surface area contributed by atoms with Crippen molar-refractivity contribution in [3.05, 3.63) is 29.8 Å². The molecular formula is C14H20N2O2. The fourth-order valence-corrected chi connectivity index (χ4v) is 2.37. The molecule has 0 aromatic heterocycles. The molecule has 1 aliphatic rings. The Bertz CT molecular complexity index is 414. The molecule has 2 rings (SSSR count). The predicted molar refractivity (Wildman–Crippen MR) is 70.7 cm³/mol. The summed E-state index contributed by atoms with van der Waals surface area (Å²) in [5.41, 5.74) is 0.339. The van der Waals surface area contributed by atoms with Crippen LogP contribution in [0.5, 0.6) is 5.75 Å². The van der Waals surface area contributed by atoms with E-state index in [1.807, 2.05) is 6.92 Å². The Balaban J connectivity index is 1.88. The van der Waals surface area contributed by atoms with Gasteiger partial charge in [0.1, 0.15) is 5.75 Å². The summed E-state index contributed by atoms with van der Waals surface area (Å²) in [7, 11) is 0. The monoisotopic (exact) mass is 248 g/mol. The van der Waals surface area contributed by atoms with Gasteiger partial charge in [-0.1, -0.05) is 12.1 Å². The Hall–Kier alpha value is -1.55. The van der Waals surface area contributed by atoms with Crippen LogP contribution >= 0.6 is 0 Å². The number of phenols is 1. The normalized spacial score (nSPS) is 17.6. The maximum Gasteiger partial charge on any atom is 0.255 e. The van der Waals surface area contributed by atoms with Crippen LogP contribution < -0.4 is 5.32 Å². The molecule has 1 aliphatic heterocycles. The topological polar surface area (TPSA) is 52.6 Å². The van der Waals surface area contributed by atoms with Crippen molar-refractivity contribution in [2.75, 3.05) is 19.6 Å². The van der Waals surface area contributed by atoms with Crippen LogP contribution in [0, 0.1) is 0 Å². The number of amides is 1. The van der Waals surface area contributed by atoms with E-state index in [-0.39, 0.29) is 17.7 Å². The fourth-order valence-electron chi connectivity index (χ4n) is 2.37. The minimum atomic E-state index is -0.209. The number of para-hydroxylation sites is 1. The van der Waals surface area contributed by atoms with E-state index >= 15 is 0 Å². The van der Waals surface area contributed by atoms with Gasteiger partial charge in [-0.3, -0.25) is 4.79 Å². The second-order valence-corrected chi connectivity index (χ2v) is 4.90. The number of phenolic OH excluding ortho intramolecular Hbond substituents is 1. The van der Waals surface area contributed by atoms with Gasteiger partial charge < -0.3 is 15.3 Å². The molecule has 1 aromatic carbocycles. The van der Waals surface area contributed by atoms with Gasteiger partial charge in [-0.2, -0.15) is 0 Å². The summed E-state index contributed by atoms with van der Waals surface area (Å²) in [5, 5.41) is 12.5. The van der Waals surface area contributed by atoms with Crippen LogP contribution in [0.2, 0.25) is 0 Å². The van der Waals surface area contributed by atoms with E-state index in [2.05, 4.69) is 10.2 Å². The summed E-state index contributed by atoms with van der Waals surface area (Å²) >= 11 is 0. The average molecular weight is 248 g/mol. The van der Waals surface area contributed by atoms with Gasteiger partial charge in [0, 0.05) is 12.6 Å². The van der Waals surface area contributed by atoms with Gasteiger partial charge in [0.25, 0.3) is 5.91 Å². The molecule has 1 amide bonds. The maximum atomic E-state index is 12.0. The van der Waals surface area contributed by atoms with Crippen LogP contribution in [0.25, 0.3) is 0 Å². The first kappa shape index (κ1) is 12.9. The lowest BCUT2D eigenvalue weighted by Gasteiger charge is -2.21. The highest BCUT2D eigenvalue weighted by Gasteiger charge is 2.17. The Kier molecular flexibility index (Phi) is 4.20. The number of likely N-dealkylation sites (tertiary alicyclic amines) is 1. The van der Waals surface area contributed by atoms with Gasteiger partial charge in [-0.05, 0) is 45.0 Å². The van der Waals surface area contributed by atoms with Crippen molar-refractivity contribution in [2.45, 2.75) is 25.8 Å². The Morgan fingerprint density at radius 1 is 1.39 bits per heavy atom. The zero-order valence-electron chi connectivity index (χ0n) is 10.7. The lowest BCUT2D eigenvalue weighted by Crippen LogP contribution is -2.41. The van der Waals surface area contributed by atoms with Crippen LogP contribution in [-0.2, 0) is 0 Å². The van der Waals surface area contributed by atoms with Gasteiger partial charge in [-0.15, -0.1) is 0 Å². The number of carbonyl (C=O) groups excluding carboxylic acids is 1. The number of carbonyl (C=O) groups is 1. The number of hydrogen-bond acceptors (Lipinski definition) is 3. The SMILES string of the molecule is CC(CN1CCCC1)NC(=O)c1ccccc1O. The molecule has 1 unspecified atom stereocenters. The molecular weight excluding hydrogens is 228 g/mol. The van der Waals surface area contributed by atoms with E-state index in [4.69, 9.17) is 0 Å². The lowest BCUT2D eigenvalue weighted by molar-refractivity contribution is 0.0929. The molecule has 0 saturated carbocycles. The number of rotatable bonds is 4. The molecule has 4 nitrogen and oxygen atoms in total. The van der Waals surface area contributed by atoms with Crippen LogP contribution in [0.15, 0.2) is 24.3 Å². The Morgan fingerprint density at radius 2 is 2.06 bits per heavy atom. The van der Waals surface area contributed by atoms with Crippen LogP contribution in [0.1, 0.15) is 30.1 Å². The van der Waals surface area contributed by atoms with Crippen LogP contribution in [0.4, 0.5) is 0 Å². The largest absolute Gasteiger partial charge is 0.507 e. The standard InChI is InChI=1S/C14H20N2O2/c1-11(10-16-8-4-5-9-16)15-14(18)12-6-2-3-7-13(12)17/h2-3,6-7,11,17H,4-5,8-10H2,1H3,(H,15,18). The molecule has 1 heterocycles. The van der Waals surface area contributed by atoms with Gasteiger partial charge in [-0.25, -0.2) is 0 Å². The fraction of sp³-hybridized carbons (Fsp3) is 0.500. The van der Waals surface area contributed by atoms with E-state index < -0.39 is 0 Å². The average Bonchev–Trinajstić information content (AvgIpc) is 2.82. The summed E-state index contributed by atoms with van der Waals surface area (Å²) in [4.78, 5) is 14.3.